The number of carbonyl (C=O) groups excluding carboxylic acids is 2. The van der Waals surface area contributed by atoms with Crippen LogP contribution in [-0.2, 0) is 4.79 Å². The molecule has 108 valence electrons. The highest BCUT2D eigenvalue weighted by Crippen LogP contribution is 2.27. The van der Waals surface area contributed by atoms with E-state index in [4.69, 9.17) is 5.73 Å². The molecule has 1 aliphatic rings. The van der Waals surface area contributed by atoms with E-state index in [0.717, 1.165) is 25.7 Å². The summed E-state index contributed by atoms with van der Waals surface area (Å²) in [6.07, 6.45) is 8.05. The molecule has 0 spiro atoms. The molecule has 1 aromatic rings. The van der Waals surface area contributed by atoms with Gasteiger partial charge in [-0.15, -0.1) is 0 Å². The number of nitrogens with zero attached hydrogens (tertiary/aromatic N) is 2. The van der Waals surface area contributed by atoms with E-state index in [2.05, 4.69) is 15.3 Å². The summed E-state index contributed by atoms with van der Waals surface area (Å²) >= 11 is 0. The lowest BCUT2D eigenvalue weighted by Gasteiger charge is -2.30. The molecular formula is C14H20N4O2. The lowest BCUT2D eigenvalue weighted by Crippen LogP contribution is -2.57. The smallest absolute Gasteiger partial charge is 0.255 e. The fraction of sp³-hybridized carbons (Fsp3) is 0.571. The number of nitrogens with two attached hydrogens (primary N) is 1. The van der Waals surface area contributed by atoms with Crippen molar-refractivity contribution in [3.63, 3.8) is 0 Å². The molecule has 1 aromatic heterocycles. The van der Waals surface area contributed by atoms with Crippen LogP contribution in [0.2, 0.25) is 0 Å². The summed E-state index contributed by atoms with van der Waals surface area (Å²) < 4.78 is 0. The summed E-state index contributed by atoms with van der Waals surface area (Å²) in [6.45, 7) is 1.75. The van der Waals surface area contributed by atoms with Crippen LogP contribution in [0.15, 0.2) is 12.4 Å². The average molecular weight is 276 g/mol. The van der Waals surface area contributed by atoms with Gasteiger partial charge in [-0.3, -0.25) is 9.59 Å². The Morgan fingerprint density at radius 3 is 2.20 bits per heavy atom. The second-order valence-electron chi connectivity index (χ2n) is 5.33. The Morgan fingerprint density at radius 1 is 1.15 bits per heavy atom. The Morgan fingerprint density at radius 2 is 1.70 bits per heavy atom. The Kier molecular flexibility index (Phi) is 4.32. The van der Waals surface area contributed by atoms with Gasteiger partial charge in [0.1, 0.15) is 11.4 Å². The first-order valence-electron chi connectivity index (χ1n) is 6.94. The van der Waals surface area contributed by atoms with Crippen molar-refractivity contribution in [2.45, 2.75) is 51.0 Å². The summed E-state index contributed by atoms with van der Waals surface area (Å²) in [4.78, 5) is 32.1. The summed E-state index contributed by atoms with van der Waals surface area (Å²) in [6, 6.07) is 0. The molecule has 2 rings (SSSR count). The molecule has 1 aliphatic carbocycles. The normalized spacial score (nSPS) is 18.1. The second kappa shape index (κ2) is 5.98. The molecule has 3 N–H and O–H groups in total. The van der Waals surface area contributed by atoms with Gasteiger partial charge in [0.15, 0.2) is 0 Å². The number of amides is 2. The maximum atomic E-state index is 12.2. The third kappa shape index (κ3) is 3.12. The number of carbonyl (C=O) groups is 2. The van der Waals surface area contributed by atoms with Crippen LogP contribution >= 0.6 is 0 Å². The molecule has 0 saturated heterocycles. The Bertz CT molecular complexity index is 490. The van der Waals surface area contributed by atoms with Gasteiger partial charge in [-0.05, 0) is 19.8 Å². The van der Waals surface area contributed by atoms with Crippen LogP contribution < -0.4 is 11.1 Å². The van der Waals surface area contributed by atoms with Crippen LogP contribution in [0, 0.1) is 6.92 Å². The summed E-state index contributed by atoms with van der Waals surface area (Å²) in [5.74, 6) is -0.202. The SMILES string of the molecule is Cc1ncc(C(=O)NC2(C(N)=O)CCCCCC2)cn1. The molecule has 1 heterocycles. The maximum absolute atomic E-state index is 12.2. The van der Waals surface area contributed by atoms with Gasteiger partial charge in [-0.1, -0.05) is 25.7 Å². The minimum Gasteiger partial charge on any atom is -0.368 e. The van der Waals surface area contributed by atoms with Crippen molar-refractivity contribution in [3.8, 4) is 0 Å². The summed E-state index contributed by atoms with van der Waals surface area (Å²) in [5.41, 5.74) is 4.95. The molecule has 0 bridgehead atoms. The van der Waals surface area contributed by atoms with Gasteiger partial charge in [0.2, 0.25) is 5.91 Å². The molecule has 0 radical (unpaired) electrons. The molecule has 6 heteroatoms. The zero-order valence-electron chi connectivity index (χ0n) is 11.7. The highest BCUT2D eigenvalue weighted by atomic mass is 16.2. The van der Waals surface area contributed by atoms with Crippen molar-refractivity contribution in [1.82, 2.24) is 15.3 Å². The van der Waals surface area contributed by atoms with Gasteiger partial charge in [-0.2, -0.15) is 0 Å². The first-order chi connectivity index (χ1) is 9.53. The first kappa shape index (κ1) is 14.4. The fourth-order valence-corrected chi connectivity index (χ4v) is 2.56. The number of aryl methyl sites for hydroxylation is 1. The van der Waals surface area contributed by atoms with E-state index in [1.54, 1.807) is 6.92 Å². The molecular weight excluding hydrogens is 256 g/mol. The predicted molar refractivity (Wildman–Crippen MR) is 73.9 cm³/mol. The van der Waals surface area contributed by atoms with Crippen molar-refractivity contribution >= 4 is 11.8 Å². The largest absolute Gasteiger partial charge is 0.368 e. The monoisotopic (exact) mass is 276 g/mol. The van der Waals surface area contributed by atoms with Crippen LogP contribution in [0.25, 0.3) is 0 Å². The van der Waals surface area contributed by atoms with Gasteiger partial charge >= 0.3 is 0 Å². The third-order valence-electron chi connectivity index (χ3n) is 3.82. The third-order valence-corrected chi connectivity index (χ3v) is 3.82. The maximum Gasteiger partial charge on any atom is 0.255 e. The quantitative estimate of drug-likeness (QED) is 0.807. The van der Waals surface area contributed by atoms with E-state index in [0.29, 0.717) is 24.2 Å². The molecule has 20 heavy (non-hydrogen) atoms. The first-order valence-corrected chi connectivity index (χ1v) is 6.94. The zero-order valence-corrected chi connectivity index (χ0v) is 11.7. The predicted octanol–water partition coefficient (Wildman–Crippen LogP) is 1.09. The van der Waals surface area contributed by atoms with E-state index in [1.165, 1.54) is 12.4 Å². The summed E-state index contributed by atoms with van der Waals surface area (Å²) in [7, 11) is 0. The Balaban J connectivity index is 2.17. The van der Waals surface area contributed by atoms with Crippen LogP contribution in [0.3, 0.4) is 0 Å². The van der Waals surface area contributed by atoms with Crippen LogP contribution in [0.4, 0.5) is 0 Å². The van der Waals surface area contributed by atoms with Crippen molar-refractivity contribution in [2.75, 3.05) is 0 Å². The van der Waals surface area contributed by atoms with E-state index < -0.39 is 11.4 Å². The molecule has 2 amide bonds. The molecule has 1 saturated carbocycles. The van der Waals surface area contributed by atoms with Gasteiger partial charge < -0.3 is 11.1 Å². The topological polar surface area (TPSA) is 98.0 Å². The van der Waals surface area contributed by atoms with Crippen molar-refractivity contribution in [1.29, 1.82) is 0 Å². The Labute approximate surface area is 118 Å². The van der Waals surface area contributed by atoms with Gasteiger partial charge in [0, 0.05) is 12.4 Å². The van der Waals surface area contributed by atoms with Crippen LogP contribution in [0.5, 0.6) is 0 Å². The molecule has 6 nitrogen and oxygen atoms in total. The van der Waals surface area contributed by atoms with Crippen molar-refractivity contribution in [2.24, 2.45) is 5.73 Å². The average Bonchev–Trinajstić information content (AvgIpc) is 2.66. The van der Waals surface area contributed by atoms with Crippen molar-refractivity contribution in [3.05, 3.63) is 23.8 Å². The zero-order chi connectivity index (χ0) is 14.6. The molecule has 0 aromatic carbocycles. The number of primary amides is 1. The van der Waals surface area contributed by atoms with E-state index in [9.17, 15) is 9.59 Å². The molecule has 1 fully saturated rings. The van der Waals surface area contributed by atoms with E-state index in [1.807, 2.05) is 0 Å². The molecule has 0 atom stereocenters. The number of hydrogen-bond acceptors (Lipinski definition) is 4. The van der Waals surface area contributed by atoms with Crippen LogP contribution in [-0.4, -0.2) is 27.3 Å². The molecule has 0 aliphatic heterocycles. The minimum absolute atomic E-state index is 0.342. The van der Waals surface area contributed by atoms with Gasteiger partial charge in [0.25, 0.3) is 5.91 Å². The fourth-order valence-electron chi connectivity index (χ4n) is 2.56. The number of aromatic nitrogens is 2. The highest BCUT2D eigenvalue weighted by Gasteiger charge is 2.38. The molecule has 0 unspecified atom stereocenters. The number of rotatable bonds is 3. The lowest BCUT2D eigenvalue weighted by atomic mass is 9.89. The van der Waals surface area contributed by atoms with Gasteiger partial charge in [0.05, 0.1) is 5.56 Å². The van der Waals surface area contributed by atoms with E-state index >= 15 is 0 Å². The lowest BCUT2D eigenvalue weighted by molar-refractivity contribution is -0.124. The highest BCUT2D eigenvalue weighted by molar-refractivity contribution is 5.98. The summed E-state index contributed by atoms with van der Waals surface area (Å²) in [5, 5.41) is 2.81. The Hall–Kier alpha value is -1.98. The standard InChI is InChI=1S/C14H20N4O2/c1-10-16-8-11(9-17-10)12(19)18-14(13(15)20)6-4-2-3-5-7-14/h8-9H,2-7H2,1H3,(H2,15,20)(H,18,19). The van der Waals surface area contributed by atoms with Gasteiger partial charge in [-0.25, -0.2) is 9.97 Å². The number of nitrogens with one attached hydrogen (secondary N) is 1. The minimum atomic E-state index is -0.932. The second-order valence-corrected chi connectivity index (χ2v) is 5.33. The van der Waals surface area contributed by atoms with Crippen molar-refractivity contribution < 1.29 is 9.59 Å². The number of hydrogen-bond donors (Lipinski definition) is 2. The van der Waals surface area contributed by atoms with Crippen LogP contribution in [0.1, 0.15) is 54.7 Å². The van der Waals surface area contributed by atoms with E-state index in [-0.39, 0.29) is 5.91 Å².